The van der Waals surface area contributed by atoms with Crippen LogP contribution in [0, 0.1) is 5.41 Å². The van der Waals surface area contributed by atoms with E-state index in [4.69, 9.17) is 4.74 Å². The number of piperazine rings is 1. The Bertz CT molecular complexity index is 1900. The fourth-order valence-corrected chi connectivity index (χ4v) is 10.1. The standard InChI is InChI=1S/C38H51N5O5S/c1-23(2)43-24(3)20-41(21-25(43)4)37(45)38-19-32(38)31-18-28(48-7)14-16-29(31)35-34(26-11-9-8-10-12-26)30-15-13-27(17-33(30)42(35)22-38)36(44)39-49(46,47)40(5)6/h13-18,23-26,32H,8-12,19-22H2,1-7H3,(H,39,44)/t24-,25+,32?,38?. The normalized spacial score (nSPS) is 25.9. The molecule has 0 spiro atoms. The van der Waals surface area contributed by atoms with Gasteiger partial charge in [0.1, 0.15) is 5.75 Å². The van der Waals surface area contributed by atoms with Gasteiger partial charge < -0.3 is 14.2 Å². The van der Waals surface area contributed by atoms with Crippen molar-refractivity contribution in [3.63, 3.8) is 0 Å². The molecule has 3 heterocycles. The zero-order valence-electron chi connectivity index (χ0n) is 30.0. The number of carbonyl (C=O) groups is 2. The molecule has 2 aliphatic carbocycles. The molecule has 1 aromatic heterocycles. The van der Waals surface area contributed by atoms with Crippen LogP contribution in [0.4, 0.5) is 0 Å². The summed E-state index contributed by atoms with van der Waals surface area (Å²) in [5, 5.41) is 1.07. The summed E-state index contributed by atoms with van der Waals surface area (Å²) in [6, 6.07) is 12.8. The Morgan fingerprint density at radius 1 is 1.00 bits per heavy atom. The molecule has 0 radical (unpaired) electrons. The Morgan fingerprint density at radius 3 is 2.33 bits per heavy atom. The van der Waals surface area contributed by atoms with E-state index in [1.807, 2.05) is 18.2 Å². The van der Waals surface area contributed by atoms with E-state index in [0.29, 0.717) is 31.6 Å². The van der Waals surface area contributed by atoms with Crippen molar-refractivity contribution in [2.45, 2.75) is 103 Å². The maximum absolute atomic E-state index is 15.0. The van der Waals surface area contributed by atoms with Crippen molar-refractivity contribution < 1.29 is 22.7 Å². The molecule has 264 valence electrons. The lowest BCUT2D eigenvalue weighted by atomic mass is 9.81. The number of amides is 2. The second kappa shape index (κ2) is 12.4. The first-order chi connectivity index (χ1) is 23.3. The maximum Gasteiger partial charge on any atom is 0.303 e. The first kappa shape index (κ1) is 34.1. The number of ether oxygens (including phenoxy) is 1. The smallest absolute Gasteiger partial charge is 0.303 e. The highest BCUT2D eigenvalue weighted by Crippen LogP contribution is 2.66. The van der Waals surface area contributed by atoms with Gasteiger partial charge in [-0.1, -0.05) is 25.3 Å². The minimum atomic E-state index is -3.97. The Hall–Kier alpha value is -3.41. The summed E-state index contributed by atoms with van der Waals surface area (Å²) < 4.78 is 36.5. The van der Waals surface area contributed by atoms with Gasteiger partial charge in [0.25, 0.3) is 5.91 Å². The van der Waals surface area contributed by atoms with Crippen molar-refractivity contribution in [1.82, 2.24) is 23.4 Å². The SMILES string of the molecule is COc1ccc2c(c1)C1CC1(C(=O)N1C[C@@H](C)N(C(C)C)[C@@H](C)C1)Cn1c-2c(C2CCCCC2)c2ccc(C(=O)NS(=O)(=O)N(C)C)cc21. The molecule has 49 heavy (non-hydrogen) atoms. The number of fused-ring (bicyclic) bond motifs is 7. The van der Waals surface area contributed by atoms with Crippen molar-refractivity contribution in [2.24, 2.45) is 5.41 Å². The first-order valence-corrected chi connectivity index (χ1v) is 19.4. The summed E-state index contributed by atoms with van der Waals surface area (Å²) in [6.45, 7) is 10.8. The molecule has 1 saturated heterocycles. The lowest BCUT2D eigenvalue weighted by molar-refractivity contribution is -0.142. The Kier molecular flexibility index (Phi) is 8.63. The van der Waals surface area contributed by atoms with Gasteiger partial charge in [0.05, 0.1) is 18.2 Å². The molecule has 11 heteroatoms. The topological polar surface area (TPSA) is 104 Å². The van der Waals surface area contributed by atoms with E-state index in [0.717, 1.165) is 57.0 Å². The van der Waals surface area contributed by atoms with Gasteiger partial charge in [0, 0.05) is 79.8 Å². The summed E-state index contributed by atoms with van der Waals surface area (Å²) in [6.07, 6.45) is 6.48. The third-order valence-electron chi connectivity index (χ3n) is 11.8. The zero-order chi connectivity index (χ0) is 35.0. The van der Waals surface area contributed by atoms with Crippen LogP contribution in [0.25, 0.3) is 22.2 Å². The number of hydrogen-bond donors (Lipinski definition) is 1. The number of hydrogen-bond acceptors (Lipinski definition) is 6. The van der Waals surface area contributed by atoms with Gasteiger partial charge in [-0.2, -0.15) is 12.7 Å². The van der Waals surface area contributed by atoms with Crippen LogP contribution in [0.1, 0.15) is 99.5 Å². The van der Waals surface area contributed by atoms with E-state index in [9.17, 15) is 18.0 Å². The number of rotatable bonds is 7. The molecular formula is C38H51N5O5S. The molecule has 2 unspecified atom stereocenters. The van der Waals surface area contributed by atoms with Crippen molar-refractivity contribution >= 4 is 32.9 Å². The van der Waals surface area contributed by atoms with Gasteiger partial charge in [-0.15, -0.1) is 0 Å². The van der Waals surface area contributed by atoms with E-state index < -0.39 is 21.5 Å². The van der Waals surface area contributed by atoms with Crippen LogP contribution in [-0.2, 0) is 21.5 Å². The monoisotopic (exact) mass is 689 g/mol. The summed E-state index contributed by atoms with van der Waals surface area (Å²) in [5.74, 6) is 0.705. The average Bonchev–Trinajstić information content (AvgIpc) is 3.73. The van der Waals surface area contributed by atoms with Crippen molar-refractivity contribution in [1.29, 1.82) is 0 Å². The minimum absolute atomic E-state index is 0.0460. The minimum Gasteiger partial charge on any atom is -0.497 e. The lowest BCUT2D eigenvalue weighted by Gasteiger charge is -2.47. The average molecular weight is 690 g/mol. The number of carbonyl (C=O) groups excluding carboxylic acids is 2. The first-order valence-electron chi connectivity index (χ1n) is 17.9. The second-order valence-corrected chi connectivity index (χ2v) is 17.3. The van der Waals surface area contributed by atoms with Crippen LogP contribution < -0.4 is 9.46 Å². The number of aromatic nitrogens is 1. The highest BCUT2D eigenvalue weighted by molar-refractivity contribution is 7.87. The molecule has 2 amide bonds. The van der Waals surface area contributed by atoms with Crippen LogP contribution >= 0.6 is 0 Å². The molecule has 1 N–H and O–H groups in total. The predicted molar refractivity (Wildman–Crippen MR) is 192 cm³/mol. The van der Waals surface area contributed by atoms with Crippen LogP contribution in [0.3, 0.4) is 0 Å². The van der Waals surface area contributed by atoms with E-state index in [2.05, 4.69) is 58.9 Å². The van der Waals surface area contributed by atoms with Crippen LogP contribution in [0.5, 0.6) is 5.75 Å². The zero-order valence-corrected chi connectivity index (χ0v) is 30.8. The van der Waals surface area contributed by atoms with Gasteiger partial charge in [0.15, 0.2) is 0 Å². The van der Waals surface area contributed by atoms with Crippen LogP contribution in [0.15, 0.2) is 36.4 Å². The quantitative estimate of drug-likeness (QED) is 0.341. The summed E-state index contributed by atoms with van der Waals surface area (Å²) >= 11 is 0. The molecule has 3 fully saturated rings. The van der Waals surface area contributed by atoms with Gasteiger partial charge in [-0.3, -0.25) is 14.5 Å². The molecule has 4 aliphatic rings. The molecule has 0 bridgehead atoms. The Labute approximate surface area is 290 Å². The van der Waals surface area contributed by atoms with E-state index in [1.54, 1.807) is 13.2 Å². The highest BCUT2D eigenvalue weighted by atomic mass is 32.2. The molecule has 10 nitrogen and oxygen atoms in total. The molecule has 2 saturated carbocycles. The fourth-order valence-electron chi connectivity index (χ4n) is 9.52. The van der Waals surface area contributed by atoms with Gasteiger partial charge >= 0.3 is 10.2 Å². The molecular weight excluding hydrogens is 639 g/mol. The van der Waals surface area contributed by atoms with Crippen LogP contribution in [0.2, 0.25) is 0 Å². The van der Waals surface area contributed by atoms with Crippen molar-refractivity contribution in [3.8, 4) is 17.0 Å². The molecule has 2 aromatic carbocycles. The molecule has 4 atom stereocenters. The van der Waals surface area contributed by atoms with Gasteiger partial charge in [0.2, 0.25) is 5.91 Å². The lowest BCUT2D eigenvalue weighted by Crippen LogP contribution is -2.61. The largest absolute Gasteiger partial charge is 0.497 e. The number of nitrogens with one attached hydrogen (secondary N) is 1. The molecule has 3 aromatic rings. The van der Waals surface area contributed by atoms with E-state index >= 15 is 0 Å². The Morgan fingerprint density at radius 2 is 1.69 bits per heavy atom. The second-order valence-electron chi connectivity index (χ2n) is 15.4. The highest BCUT2D eigenvalue weighted by Gasteiger charge is 2.64. The van der Waals surface area contributed by atoms with E-state index in [-0.39, 0.29) is 29.5 Å². The van der Waals surface area contributed by atoms with Crippen molar-refractivity contribution in [2.75, 3.05) is 34.3 Å². The fraction of sp³-hybridized carbons (Fsp3) is 0.579. The third kappa shape index (κ3) is 5.66. The summed E-state index contributed by atoms with van der Waals surface area (Å²) in [4.78, 5) is 33.0. The maximum atomic E-state index is 15.0. The number of methoxy groups -OCH3 is 1. The molecule has 7 rings (SSSR count). The van der Waals surface area contributed by atoms with Gasteiger partial charge in [-0.25, -0.2) is 4.72 Å². The third-order valence-corrected chi connectivity index (χ3v) is 13.2. The number of nitrogens with zero attached hydrogens (tertiary/aromatic N) is 4. The Balaban J connectivity index is 1.40. The molecule has 2 aliphatic heterocycles. The van der Waals surface area contributed by atoms with E-state index in [1.165, 1.54) is 38.9 Å². The number of benzene rings is 2. The van der Waals surface area contributed by atoms with Crippen molar-refractivity contribution in [3.05, 3.63) is 53.1 Å². The summed E-state index contributed by atoms with van der Waals surface area (Å²) in [7, 11) is 0.496. The predicted octanol–water partition coefficient (Wildman–Crippen LogP) is 5.72. The summed E-state index contributed by atoms with van der Waals surface area (Å²) in [5.41, 5.74) is 5.21. The van der Waals surface area contributed by atoms with Gasteiger partial charge in [-0.05, 0) is 94.3 Å². The van der Waals surface area contributed by atoms with Crippen LogP contribution in [-0.4, -0.2) is 91.3 Å².